The first kappa shape index (κ1) is 8.51. The maximum atomic E-state index is 5.22. The number of rotatable bonds is 0. The number of alkyl halides is 4. The molecule has 5 heteroatoms. The van der Waals surface area contributed by atoms with Crippen LogP contribution in [0.2, 0.25) is 0 Å². The Balaban J connectivity index is 3.54. The molecule has 44 valence electrons. The third kappa shape index (κ3) is 4.04. The Labute approximate surface area is 67.5 Å². The summed E-state index contributed by atoms with van der Waals surface area (Å²) in [4.78, 5) is 0. The lowest BCUT2D eigenvalue weighted by molar-refractivity contribution is 1.21. The second kappa shape index (κ2) is 2.88. The molecule has 0 aliphatic rings. The van der Waals surface area contributed by atoms with Crippen LogP contribution >= 0.6 is 59.0 Å². The van der Waals surface area contributed by atoms with Gasteiger partial charge in [0.05, 0.1) is 0 Å². The summed E-state index contributed by atoms with van der Waals surface area (Å²) in [5.74, 6) is 0. The van der Waals surface area contributed by atoms with Gasteiger partial charge in [-0.3, -0.25) is 0 Å². The lowest BCUT2D eigenvalue weighted by Crippen LogP contribution is -2.11. The van der Waals surface area contributed by atoms with Gasteiger partial charge in [0.15, 0.2) is 0 Å². The minimum Gasteiger partial charge on any atom is -0.155 e. The smallest absolute Gasteiger partial charge is 0.155 e. The molecule has 0 fully saturated rings. The Kier molecular flexibility index (Phi) is 3.50. The van der Waals surface area contributed by atoms with Crippen molar-refractivity contribution >= 4 is 59.0 Å². The lowest BCUT2D eigenvalue weighted by atomic mass is 10.9. The van der Waals surface area contributed by atoms with Crippen LogP contribution in [0.3, 0.4) is 0 Å². The van der Waals surface area contributed by atoms with E-state index in [0.29, 0.717) is 0 Å². The molecule has 0 spiro atoms. The maximum absolute atomic E-state index is 5.22. The molecule has 7 heavy (non-hydrogen) atoms. The summed E-state index contributed by atoms with van der Waals surface area (Å²) in [5, 5.41) is 0. The van der Waals surface area contributed by atoms with E-state index < -0.39 is 8.50 Å². The Morgan fingerprint density at radius 3 is 1.43 bits per heavy atom. The highest BCUT2D eigenvalue weighted by Gasteiger charge is 2.26. The number of thiol groups is 1. The van der Waals surface area contributed by atoms with Gasteiger partial charge in [0, 0.05) is 0 Å². The van der Waals surface area contributed by atoms with Crippen LogP contribution in [0, 0.1) is 0 Å². The Morgan fingerprint density at radius 2 is 1.43 bits per heavy atom. The molecule has 0 nitrogen and oxygen atoms in total. The monoisotopic (exact) mass is 198 g/mol. The highest BCUT2D eigenvalue weighted by molar-refractivity contribution is 7.82. The highest BCUT2D eigenvalue weighted by Crippen LogP contribution is 2.35. The van der Waals surface area contributed by atoms with Crippen LogP contribution in [0.1, 0.15) is 0 Å². The average molecular weight is 200 g/mol. The predicted molar refractivity (Wildman–Crippen MR) is 38.9 cm³/mol. The zero-order valence-corrected chi connectivity index (χ0v) is 6.95. The molecule has 0 saturated heterocycles. The van der Waals surface area contributed by atoms with Crippen LogP contribution in [0.5, 0.6) is 0 Å². The van der Waals surface area contributed by atoms with Crippen molar-refractivity contribution in [3.63, 3.8) is 0 Å². The van der Waals surface area contributed by atoms with Gasteiger partial charge in [-0.2, -0.15) is 12.6 Å². The molecule has 0 bridgehead atoms. The zero-order valence-electron chi connectivity index (χ0n) is 3.04. The second-order valence-corrected chi connectivity index (χ2v) is 4.50. The van der Waals surface area contributed by atoms with Crippen molar-refractivity contribution < 1.29 is 0 Å². The fourth-order valence-electron chi connectivity index (χ4n) is 0. The summed E-state index contributed by atoms with van der Waals surface area (Å²) in [6.07, 6.45) is 0. The number of hydrogen-bond acceptors (Lipinski definition) is 1. The molecule has 0 aliphatic carbocycles. The Morgan fingerprint density at radius 1 is 1.29 bits per heavy atom. The van der Waals surface area contributed by atoms with Gasteiger partial charge in [0.2, 0.25) is 3.79 Å². The van der Waals surface area contributed by atoms with Crippen LogP contribution in [-0.4, -0.2) is 8.50 Å². The standard InChI is InChI=1S/C2H2Cl4S/c3-1(7)2(4,5)6/h1,7H. The van der Waals surface area contributed by atoms with Gasteiger partial charge in [-0.15, -0.1) is 11.6 Å². The molecule has 1 unspecified atom stereocenters. The molecular weight excluding hydrogens is 198 g/mol. The van der Waals surface area contributed by atoms with Gasteiger partial charge >= 0.3 is 0 Å². The molecular formula is C2H2Cl4S. The van der Waals surface area contributed by atoms with E-state index in [0.717, 1.165) is 0 Å². The Hall–Kier alpha value is 1.51. The van der Waals surface area contributed by atoms with Gasteiger partial charge in [-0.1, -0.05) is 34.8 Å². The minimum absolute atomic E-state index is 0.738. The summed E-state index contributed by atoms with van der Waals surface area (Å²) >= 11 is 24.4. The highest BCUT2D eigenvalue weighted by atomic mass is 35.6. The van der Waals surface area contributed by atoms with Gasteiger partial charge < -0.3 is 0 Å². The van der Waals surface area contributed by atoms with Crippen molar-refractivity contribution in [1.82, 2.24) is 0 Å². The topological polar surface area (TPSA) is 0 Å². The quantitative estimate of drug-likeness (QED) is 0.451. The zero-order chi connectivity index (χ0) is 6.08. The Bertz CT molecular complexity index is 55.2. The van der Waals surface area contributed by atoms with Crippen LogP contribution in [0.15, 0.2) is 0 Å². The molecule has 0 N–H and O–H groups in total. The number of halogens is 4. The molecule has 0 aromatic rings. The van der Waals surface area contributed by atoms with E-state index in [1.54, 1.807) is 0 Å². The number of hydrogen-bond donors (Lipinski definition) is 1. The summed E-state index contributed by atoms with van der Waals surface area (Å²) in [5.41, 5.74) is 0. The van der Waals surface area contributed by atoms with Crippen molar-refractivity contribution in [3.05, 3.63) is 0 Å². The predicted octanol–water partition coefficient (Wildman–Crippen LogP) is 2.85. The van der Waals surface area contributed by atoms with Crippen molar-refractivity contribution in [3.8, 4) is 0 Å². The van der Waals surface area contributed by atoms with Crippen molar-refractivity contribution in [2.75, 3.05) is 0 Å². The largest absolute Gasteiger partial charge is 0.215 e. The van der Waals surface area contributed by atoms with E-state index in [1.165, 1.54) is 0 Å². The summed E-state index contributed by atoms with van der Waals surface area (Å²) in [6, 6.07) is 0. The van der Waals surface area contributed by atoms with Gasteiger partial charge in [0.25, 0.3) is 0 Å². The molecule has 0 heterocycles. The van der Waals surface area contributed by atoms with Gasteiger partial charge in [-0.05, 0) is 0 Å². The van der Waals surface area contributed by atoms with Crippen LogP contribution < -0.4 is 0 Å². The van der Waals surface area contributed by atoms with Crippen molar-refractivity contribution in [2.24, 2.45) is 0 Å². The molecule has 1 atom stereocenters. The first-order valence-corrected chi connectivity index (χ1v) is 3.42. The molecule has 0 amide bonds. The summed E-state index contributed by atoms with van der Waals surface area (Å²) in [6.45, 7) is 0. The molecule has 0 saturated carbocycles. The molecule has 0 radical (unpaired) electrons. The van der Waals surface area contributed by atoms with E-state index in [9.17, 15) is 0 Å². The molecule has 0 aromatic carbocycles. The van der Waals surface area contributed by atoms with E-state index in [1.807, 2.05) is 0 Å². The SMILES string of the molecule is SC(Cl)C(Cl)(Cl)Cl. The van der Waals surface area contributed by atoms with Crippen LogP contribution in [0.4, 0.5) is 0 Å². The van der Waals surface area contributed by atoms with Gasteiger partial charge in [-0.25, -0.2) is 0 Å². The van der Waals surface area contributed by atoms with Crippen LogP contribution in [0.25, 0.3) is 0 Å². The van der Waals surface area contributed by atoms with E-state index in [2.05, 4.69) is 12.6 Å². The summed E-state index contributed by atoms with van der Waals surface area (Å²) in [7, 11) is 0. The van der Waals surface area contributed by atoms with Crippen molar-refractivity contribution in [2.45, 2.75) is 8.50 Å². The third-order valence-corrected chi connectivity index (χ3v) is 2.43. The first-order chi connectivity index (χ1) is 2.94. The maximum Gasteiger partial charge on any atom is 0.215 e. The first-order valence-electron chi connectivity index (χ1n) is 1.33. The molecule has 0 rings (SSSR count). The van der Waals surface area contributed by atoms with E-state index in [4.69, 9.17) is 46.4 Å². The average Bonchev–Trinajstić information content (AvgIpc) is 1.31. The summed E-state index contributed by atoms with van der Waals surface area (Å²) < 4.78 is -2.19. The fourth-order valence-corrected chi connectivity index (χ4v) is 0. The normalized spacial score (nSPS) is 16.7. The van der Waals surface area contributed by atoms with Crippen LogP contribution in [-0.2, 0) is 0 Å². The van der Waals surface area contributed by atoms with Crippen molar-refractivity contribution in [1.29, 1.82) is 0 Å². The molecule has 0 aromatic heterocycles. The minimum atomic E-state index is -1.45. The third-order valence-electron chi connectivity index (χ3n) is 0.270. The molecule has 0 aliphatic heterocycles. The fraction of sp³-hybridized carbons (Fsp3) is 1.00. The van der Waals surface area contributed by atoms with E-state index >= 15 is 0 Å². The van der Waals surface area contributed by atoms with E-state index in [-0.39, 0.29) is 0 Å². The lowest BCUT2D eigenvalue weighted by Gasteiger charge is -2.10. The second-order valence-electron chi connectivity index (χ2n) is 0.877. The van der Waals surface area contributed by atoms with Gasteiger partial charge in [0.1, 0.15) is 4.71 Å².